The number of fused-ring (bicyclic) bond motifs is 2. The third kappa shape index (κ3) is 10.4. The molecule has 0 bridgehead atoms. The summed E-state index contributed by atoms with van der Waals surface area (Å²) in [6, 6.07) is 21.2. The number of rotatable bonds is 16. The van der Waals surface area contributed by atoms with Crippen molar-refractivity contribution in [1.29, 1.82) is 0 Å². The van der Waals surface area contributed by atoms with E-state index in [1.54, 1.807) is 38.5 Å². The highest BCUT2D eigenvalue weighted by molar-refractivity contribution is 8.71. The van der Waals surface area contributed by atoms with Crippen molar-refractivity contribution in [1.82, 2.24) is 15.2 Å². The van der Waals surface area contributed by atoms with Crippen molar-refractivity contribution in [3.8, 4) is 23.0 Å². The molecule has 5 aromatic rings. The van der Waals surface area contributed by atoms with E-state index in [0.717, 1.165) is 66.6 Å². The number of benzene rings is 4. The molecule has 3 N–H and O–H groups in total. The van der Waals surface area contributed by atoms with Crippen LogP contribution in [0.5, 0.6) is 23.0 Å². The van der Waals surface area contributed by atoms with E-state index >= 15 is 0 Å². The molecule has 1 aliphatic heterocycles. The fourth-order valence-electron chi connectivity index (χ4n) is 6.59. The van der Waals surface area contributed by atoms with Crippen LogP contribution in [0.1, 0.15) is 47.8 Å². The Labute approximate surface area is 340 Å². The zero-order valence-corrected chi connectivity index (χ0v) is 34.5. The SMILES string of the molecule is COc1cc2c(cc1OC)CN(CCc1ccc(NC(=O)c3cc(OC)c(OC)cc3NC(=O)c3cnc4ccc(C(=O)NCCSS(C)(=O)=O)cc4c3)cc1)CC2. The number of aromatic nitrogens is 1. The van der Waals surface area contributed by atoms with E-state index in [4.69, 9.17) is 18.9 Å². The topological polar surface area (TPSA) is 174 Å². The van der Waals surface area contributed by atoms with Crippen LogP contribution >= 0.6 is 10.8 Å². The largest absolute Gasteiger partial charge is 0.493 e. The minimum Gasteiger partial charge on any atom is -0.493 e. The second-order valence-corrected chi connectivity index (χ2v) is 18.1. The van der Waals surface area contributed by atoms with Crippen molar-refractivity contribution in [2.45, 2.75) is 19.4 Å². The fourth-order valence-corrected chi connectivity index (χ4v) is 8.24. The lowest BCUT2D eigenvalue weighted by Gasteiger charge is -2.29. The molecule has 2 heterocycles. The number of methoxy groups -OCH3 is 4. The van der Waals surface area contributed by atoms with Gasteiger partial charge >= 0.3 is 0 Å². The normalized spacial score (nSPS) is 12.6. The molecule has 6 rings (SSSR count). The molecule has 0 spiro atoms. The molecule has 58 heavy (non-hydrogen) atoms. The lowest BCUT2D eigenvalue weighted by atomic mass is 9.98. The number of pyridine rings is 1. The number of hydrogen-bond acceptors (Lipinski definition) is 12. The van der Waals surface area contributed by atoms with Crippen molar-refractivity contribution in [2.75, 3.05) is 70.7 Å². The summed E-state index contributed by atoms with van der Waals surface area (Å²) >= 11 is 0. The number of nitrogens with one attached hydrogen (secondary N) is 3. The van der Waals surface area contributed by atoms with Gasteiger partial charge in [-0.15, -0.1) is 0 Å². The highest BCUT2D eigenvalue weighted by Gasteiger charge is 2.22. The summed E-state index contributed by atoms with van der Waals surface area (Å²) < 4.78 is 44.7. The van der Waals surface area contributed by atoms with E-state index in [-0.39, 0.29) is 29.1 Å². The molecule has 3 amide bonds. The second-order valence-electron chi connectivity index (χ2n) is 13.5. The zero-order valence-electron chi connectivity index (χ0n) is 32.8. The van der Waals surface area contributed by atoms with E-state index < -0.39 is 26.6 Å². The van der Waals surface area contributed by atoms with Crippen LogP contribution in [0.4, 0.5) is 11.4 Å². The van der Waals surface area contributed by atoms with E-state index in [1.807, 2.05) is 24.3 Å². The van der Waals surface area contributed by atoms with E-state index in [1.165, 1.54) is 43.7 Å². The minimum atomic E-state index is -3.22. The Morgan fingerprint density at radius 1 is 0.759 bits per heavy atom. The first-order chi connectivity index (χ1) is 27.9. The van der Waals surface area contributed by atoms with Crippen LogP contribution in [0.2, 0.25) is 0 Å². The molecule has 304 valence electrons. The van der Waals surface area contributed by atoms with Crippen molar-refractivity contribution >= 4 is 59.7 Å². The molecule has 0 saturated carbocycles. The highest BCUT2D eigenvalue weighted by atomic mass is 33.1. The van der Waals surface area contributed by atoms with E-state index in [2.05, 4.69) is 38.0 Å². The van der Waals surface area contributed by atoms with Gasteiger partial charge in [-0.05, 0) is 94.9 Å². The van der Waals surface area contributed by atoms with Gasteiger partial charge in [-0.3, -0.25) is 24.3 Å². The van der Waals surface area contributed by atoms with Gasteiger partial charge in [0, 0.05) is 67.1 Å². The first kappa shape index (κ1) is 41.8. The molecular formula is C42H45N5O9S2. The van der Waals surface area contributed by atoms with Gasteiger partial charge in [-0.25, -0.2) is 8.42 Å². The summed E-state index contributed by atoms with van der Waals surface area (Å²) in [6.07, 6.45) is 4.27. The van der Waals surface area contributed by atoms with Crippen LogP contribution in [0.3, 0.4) is 0 Å². The van der Waals surface area contributed by atoms with Crippen LogP contribution in [-0.4, -0.2) is 96.1 Å². The summed E-state index contributed by atoms with van der Waals surface area (Å²) in [4.78, 5) is 47.0. The second kappa shape index (κ2) is 18.6. The van der Waals surface area contributed by atoms with Crippen molar-refractivity contribution < 1.29 is 41.7 Å². The first-order valence-electron chi connectivity index (χ1n) is 18.3. The Balaban J connectivity index is 1.12. The van der Waals surface area contributed by atoms with Gasteiger partial charge in [0.1, 0.15) is 0 Å². The van der Waals surface area contributed by atoms with E-state index in [9.17, 15) is 22.8 Å². The lowest BCUT2D eigenvalue weighted by Crippen LogP contribution is -2.32. The molecule has 4 aromatic carbocycles. The molecule has 0 saturated heterocycles. The number of nitrogens with zero attached hydrogens (tertiary/aromatic N) is 2. The molecule has 14 nitrogen and oxygen atoms in total. The van der Waals surface area contributed by atoms with Gasteiger partial charge in [0.15, 0.2) is 31.9 Å². The Bertz CT molecular complexity index is 2440. The summed E-state index contributed by atoms with van der Waals surface area (Å²) in [5.41, 5.74) is 5.57. The smallest absolute Gasteiger partial charge is 0.257 e. The number of carbonyl (C=O) groups excluding carboxylic acids is 3. The summed E-state index contributed by atoms with van der Waals surface area (Å²) in [5.74, 6) is 0.852. The van der Waals surface area contributed by atoms with Crippen LogP contribution < -0.4 is 34.9 Å². The molecule has 0 atom stereocenters. The van der Waals surface area contributed by atoms with Crippen molar-refractivity contribution in [3.05, 3.63) is 112 Å². The summed E-state index contributed by atoms with van der Waals surface area (Å²) in [6.45, 7) is 2.79. The molecule has 1 aliphatic rings. The van der Waals surface area contributed by atoms with Crippen molar-refractivity contribution in [3.63, 3.8) is 0 Å². The maximum absolute atomic E-state index is 13.8. The maximum Gasteiger partial charge on any atom is 0.257 e. The third-order valence-electron chi connectivity index (χ3n) is 9.63. The number of ether oxygens (including phenoxy) is 4. The van der Waals surface area contributed by atoms with Crippen molar-refractivity contribution in [2.24, 2.45) is 0 Å². The van der Waals surface area contributed by atoms with Crippen LogP contribution in [0.15, 0.2) is 79.0 Å². The summed E-state index contributed by atoms with van der Waals surface area (Å²) in [7, 11) is 3.73. The van der Waals surface area contributed by atoms with Gasteiger partial charge in [0.05, 0.1) is 50.8 Å². The van der Waals surface area contributed by atoms with Gasteiger partial charge in [0.2, 0.25) is 0 Å². The van der Waals surface area contributed by atoms with Crippen LogP contribution in [0, 0.1) is 0 Å². The first-order valence-corrected chi connectivity index (χ1v) is 21.7. The molecule has 0 aliphatic carbocycles. The fraction of sp³-hybridized carbons (Fsp3) is 0.286. The molecular weight excluding hydrogens is 783 g/mol. The molecule has 0 radical (unpaired) electrons. The van der Waals surface area contributed by atoms with Gasteiger partial charge in [-0.1, -0.05) is 12.1 Å². The summed E-state index contributed by atoms with van der Waals surface area (Å²) in [5, 5.41) is 8.98. The third-order valence-corrected chi connectivity index (χ3v) is 12.2. The minimum absolute atomic E-state index is 0.136. The zero-order chi connectivity index (χ0) is 41.4. The number of amides is 3. The van der Waals surface area contributed by atoms with Gasteiger partial charge in [-0.2, -0.15) is 0 Å². The number of carbonyl (C=O) groups is 3. The standard InChI is InChI=1S/C42H45N5O9S2/c1-53-36-20-27-13-16-47(25-31(27)21-37(36)54-2)15-12-26-6-9-32(10-7-26)45-42(50)33-22-38(55-3)39(56-4)23-35(33)46-41(49)30-19-29-18-28(8-11-34(29)44-24-30)40(48)43-14-17-57-58(5,51)52/h6-11,18-24H,12-17,25H2,1-5H3,(H,43,48)(H,45,50)(H,46,49). The monoisotopic (exact) mass is 827 g/mol. The molecule has 16 heteroatoms. The Morgan fingerprint density at radius 2 is 1.41 bits per heavy atom. The van der Waals surface area contributed by atoms with Crippen LogP contribution in [-0.2, 0) is 28.3 Å². The lowest BCUT2D eigenvalue weighted by molar-refractivity contribution is 0.0954. The number of anilines is 2. The predicted octanol–water partition coefficient (Wildman–Crippen LogP) is 5.80. The average molecular weight is 828 g/mol. The maximum atomic E-state index is 13.8. The molecule has 0 fully saturated rings. The van der Waals surface area contributed by atoms with Crippen LogP contribution in [0.25, 0.3) is 10.9 Å². The highest BCUT2D eigenvalue weighted by Crippen LogP contribution is 2.35. The Hall–Kier alpha value is -5.84. The molecule has 0 unspecified atom stereocenters. The average Bonchev–Trinajstić information content (AvgIpc) is 3.23. The predicted molar refractivity (Wildman–Crippen MR) is 226 cm³/mol. The Morgan fingerprint density at radius 3 is 2.10 bits per heavy atom. The van der Waals surface area contributed by atoms with E-state index in [0.29, 0.717) is 33.7 Å². The number of hydrogen-bond donors (Lipinski definition) is 3. The van der Waals surface area contributed by atoms with Gasteiger partial charge < -0.3 is 34.9 Å². The van der Waals surface area contributed by atoms with Gasteiger partial charge in [0.25, 0.3) is 17.7 Å². The Kier molecular flexibility index (Phi) is 13.4. The molecule has 1 aromatic heterocycles. The quantitative estimate of drug-likeness (QED) is 0.0808.